The summed E-state index contributed by atoms with van der Waals surface area (Å²) in [5, 5.41) is 10.7. The van der Waals surface area contributed by atoms with E-state index in [0.717, 1.165) is 33.6 Å². The molecule has 0 aliphatic heterocycles. The Morgan fingerprint density at radius 2 is 1.79 bits per heavy atom. The maximum absolute atomic E-state index is 11.4. The van der Waals surface area contributed by atoms with E-state index in [4.69, 9.17) is 9.47 Å². The van der Waals surface area contributed by atoms with Crippen molar-refractivity contribution in [1.29, 1.82) is 0 Å². The minimum atomic E-state index is -0.783. The molecule has 0 fully saturated rings. The van der Waals surface area contributed by atoms with Gasteiger partial charge in [-0.25, -0.2) is 0 Å². The summed E-state index contributed by atoms with van der Waals surface area (Å²) in [6, 6.07) is 9.98. The smallest absolute Gasteiger partial charge is 0.303 e. The maximum atomic E-state index is 11.4. The van der Waals surface area contributed by atoms with E-state index >= 15 is 0 Å². The number of phenolic OH excluding ortho intramolecular Hbond substituents is 1. The molecule has 150 valence electrons. The highest BCUT2D eigenvalue weighted by Gasteiger charge is 2.26. The van der Waals surface area contributed by atoms with E-state index in [1.165, 1.54) is 6.92 Å². The quantitative estimate of drug-likeness (QED) is 0.495. The summed E-state index contributed by atoms with van der Waals surface area (Å²) in [4.78, 5) is 11.4. The molecule has 0 saturated heterocycles. The Kier molecular flexibility index (Phi) is 6.90. The average Bonchev–Trinajstić information content (AvgIpc) is 2.66. The molecule has 0 saturated carbocycles. The second-order valence-electron chi connectivity index (χ2n) is 7.42. The highest BCUT2D eigenvalue weighted by Crippen LogP contribution is 2.39. The van der Waals surface area contributed by atoms with Gasteiger partial charge in [-0.2, -0.15) is 0 Å². The van der Waals surface area contributed by atoms with Gasteiger partial charge in [-0.3, -0.25) is 4.79 Å². The van der Waals surface area contributed by atoms with Crippen LogP contribution in [0.15, 0.2) is 43.0 Å². The first-order valence-electron chi connectivity index (χ1n) is 9.50. The van der Waals surface area contributed by atoms with Gasteiger partial charge in [0.1, 0.15) is 23.7 Å². The van der Waals surface area contributed by atoms with Gasteiger partial charge in [-0.1, -0.05) is 36.9 Å². The summed E-state index contributed by atoms with van der Waals surface area (Å²) < 4.78 is 11.5. The predicted octanol–water partition coefficient (Wildman–Crippen LogP) is 5.34. The first-order chi connectivity index (χ1) is 13.2. The number of hydrogen-bond donors (Lipinski definition) is 1. The molecule has 2 aromatic rings. The van der Waals surface area contributed by atoms with E-state index in [9.17, 15) is 9.90 Å². The van der Waals surface area contributed by atoms with Crippen LogP contribution in [0.2, 0.25) is 0 Å². The monoisotopic (exact) mass is 382 g/mol. The summed E-state index contributed by atoms with van der Waals surface area (Å²) in [5.41, 5.74) is 3.76. The van der Waals surface area contributed by atoms with Crippen LogP contribution in [-0.2, 0) is 22.6 Å². The van der Waals surface area contributed by atoms with Crippen molar-refractivity contribution in [1.82, 2.24) is 0 Å². The number of hydrogen-bond acceptors (Lipinski definition) is 4. The summed E-state index contributed by atoms with van der Waals surface area (Å²) in [5.74, 6) is 0.716. The minimum absolute atomic E-state index is 0.274. The molecule has 2 rings (SSSR count). The lowest BCUT2D eigenvalue weighted by atomic mass is 9.90. The van der Waals surface area contributed by atoms with Gasteiger partial charge in [-0.15, -0.1) is 0 Å². The fourth-order valence-electron chi connectivity index (χ4n) is 3.32. The van der Waals surface area contributed by atoms with Crippen molar-refractivity contribution in [3.8, 4) is 11.5 Å². The van der Waals surface area contributed by atoms with Crippen molar-refractivity contribution < 1.29 is 19.4 Å². The second kappa shape index (κ2) is 8.96. The molecule has 28 heavy (non-hydrogen) atoms. The van der Waals surface area contributed by atoms with Crippen molar-refractivity contribution in [3.05, 3.63) is 70.8 Å². The fourth-order valence-corrected chi connectivity index (χ4v) is 3.32. The summed E-state index contributed by atoms with van der Waals surface area (Å²) in [7, 11) is 0. The van der Waals surface area contributed by atoms with Crippen LogP contribution >= 0.6 is 0 Å². The molecule has 4 nitrogen and oxygen atoms in total. The van der Waals surface area contributed by atoms with Crippen LogP contribution in [0.5, 0.6) is 11.5 Å². The molecule has 2 aromatic carbocycles. The standard InChI is InChI=1S/C24H30O4/c1-7-24(6,28-19(5)25)14-13-21-18(4)23(17(3)16(2)22(21)26)27-15-20-11-9-8-10-12-20/h7-12,26H,1,13-15H2,2-6H3. The Morgan fingerprint density at radius 1 is 1.14 bits per heavy atom. The zero-order valence-electron chi connectivity index (χ0n) is 17.5. The zero-order chi connectivity index (χ0) is 20.9. The van der Waals surface area contributed by atoms with Gasteiger partial charge in [0.15, 0.2) is 0 Å². The van der Waals surface area contributed by atoms with Crippen LogP contribution in [0, 0.1) is 20.8 Å². The lowest BCUT2D eigenvalue weighted by molar-refractivity contribution is -0.151. The predicted molar refractivity (Wildman–Crippen MR) is 112 cm³/mol. The van der Waals surface area contributed by atoms with E-state index in [1.54, 1.807) is 6.08 Å². The Labute approximate surface area is 167 Å². The number of ether oxygens (including phenoxy) is 2. The molecule has 4 heteroatoms. The third-order valence-corrected chi connectivity index (χ3v) is 5.24. The first kappa shape index (κ1) is 21.5. The van der Waals surface area contributed by atoms with Gasteiger partial charge >= 0.3 is 5.97 Å². The molecule has 0 aromatic heterocycles. The summed E-state index contributed by atoms with van der Waals surface area (Å²) in [6.45, 7) is 13.3. The van der Waals surface area contributed by atoms with Crippen LogP contribution in [-0.4, -0.2) is 16.7 Å². The number of carbonyl (C=O) groups is 1. The van der Waals surface area contributed by atoms with Crippen LogP contribution < -0.4 is 4.74 Å². The van der Waals surface area contributed by atoms with Gasteiger partial charge < -0.3 is 14.6 Å². The summed E-state index contributed by atoms with van der Waals surface area (Å²) in [6.07, 6.45) is 2.69. The fraction of sp³-hybridized carbons (Fsp3) is 0.375. The molecular weight excluding hydrogens is 352 g/mol. The average molecular weight is 383 g/mol. The highest BCUT2D eigenvalue weighted by molar-refractivity contribution is 5.66. The van der Waals surface area contributed by atoms with Gasteiger partial charge in [0.25, 0.3) is 0 Å². The normalized spacial score (nSPS) is 12.9. The zero-order valence-corrected chi connectivity index (χ0v) is 17.5. The van der Waals surface area contributed by atoms with E-state index in [1.807, 2.05) is 58.0 Å². The molecule has 0 heterocycles. The number of phenols is 1. The number of carbonyl (C=O) groups excluding carboxylic acids is 1. The van der Waals surface area contributed by atoms with Crippen molar-refractivity contribution in [3.63, 3.8) is 0 Å². The van der Waals surface area contributed by atoms with Crippen molar-refractivity contribution in [2.24, 2.45) is 0 Å². The molecule has 1 atom stereocenters. The van der Waals surface area contributed by atoms with Crippen LogP contribution in [0.1, 0.15) is 48.1 Å². The molecule has 1 N–H and O–H groups in total. The van der Waals surface area contributed by atoms with Gasteiger partial charge in [0, 0.05) is 12.5 Å². The van der Waals surface area contributed by atoms with Crippen molar-refractivity contribution in [2.75, 3.05) is 0 Å². The molecule has 1 unspecified atom stereocenters. The third-order valence-electron chi connectivity index (χ3n) is 5.24. The van der Waals surface area contributed by atoms with Crippen LogP contribution in [0.25, 0.3) is 0 Å². The van der Waals surface area contributed by atoms with E-state index < -0.39 is 5.60 Å². The molecule has 0 aliphatic carbocycles. The number of aromatic hydroxyl groups is 1. The van der Waals surface area contributed by atoms with Crippen LogP contribution in [0.3, 0.4) is 0 Å². The molecule has 0 bridgehead atoms. The minimum Gasteiger partial charge on any atom is -0.507 e. The number of benzene rings is 2. The lowest BCUT2D eigenvalue weighted by Crippen LogP contribution is -2.29. The Balaban J connectivity index is 2.30. The van der Waals surface area contributed by atoms with Gasteiger partial charge in [0.05, 0.1) is 0 Å². The van der Waals surface area contributed by atoms with Crippen molar-refractivity contribution >= 4 is 5.97 Å². The van der Waals surface area contributed by atoms with E-state index in [2.05, 4.69) is 6.58 Å². The number of rotatable bonds is 8. The molecule has 0 spiro atoms. The van der Waals surface area contributed by atoms with Gasteiger partial charge in [0.2, 0.25) is 0 Å². The first-order valence-corrected chi connectivity index (χ1v) is 9.50. The van der Waals surface area contributed by atoms with Gasteiger partial charge in [-0.05, 0) is 68.9 Å². The second-order valence-corrected chi connectivity index (χ2v) is 7.42. The molecule has 0 radical (unpaired) electrons. The summed E-state index contributed by atoms with van der Waals surface area (Å²) >= 11 is 0. The van der Waals surface area contributed by atoms with E-state index in [0.29, 0.717) is 19.4 Å². The molecule has 0 amide bonds. The molecular formula is C24H30O4. The Hall–Kier alpha value is -2.75. The Morgan fingerprint density at radius 3 is 2.36 bits per heavy atom. The van der Waals surface area contributed by atoms with Crippen LogP contribution in [0.4, 0.5) is 0 Å². The topological polar surface area (TPSA) is 55.8 Å². The molecule has 0 aliphatic rings. The SMILES string of the molecule is C=CC(C)(CCc1c(C)c(OCc2ccccc2)c(C)c(C)c1O)OC(C)=O. The number of esters is 1. The highest BCUT2D eigenvalue weighted by atomic mass is 16.6. The van der Waals surface area contributed by atoms with Crippen molar-refractivity contribution in [2.45, 2.75) is 59.7 Å². The third kappa shape index (κ3) is 4.94. The maximum Gasteiger partial charge on any atom is 0.303 e. The largest absolute Gasteiger partial charge is 0.507 e. The lowest BCUT2D eigenvalue weighted by Gasteiger charge is -2.27. The van der Waals surface area contributed by atoms with E-state index in [-0.39, 0.29) is 11.7 Å². The Bertz CT molecular complexity index is 855.